The Morgan fingerprint density at radius 2 is 2.25 bits per heavy atom. The van der Waals surface area contributed by atoms with Crippen molar-refractivity contribution in [3.05, 3.63) is 4.88 Å². The molecular weight excluding hydrogens is 226 g/mol. The molecule has 2 heterocycles. The minimum absolute atomic E-state index is 0.283. The highest BCUT2D eigenvalue weighted by molar-refractivity contribution is 7.18. The van der Waals surface area contributed by atoms with Gasteiger partial charge in [-0.2, -0.15) is 0 Å². The molecule has 0 saturated carbocycles. The molecule has 0 spiro atoms. The normalized spacial score (nSPS) is 15.4. The van der Waals surface area contributed by atoms with E-state index in [4.69, 9.17) is 10.5 Å². The van der Waals surface area contributed by atoms with E-state index in [-0.39, 0.29) is 11.8 Å². The highest BCUT2D eigenvalue weighted by Gasteiger charge is 2.22. The van der Waals surface area contributed by atoms with Crippen molar-refractivity contribution >= 4 is 28.3 Å². The lowest BCUT2D eigenvalue weighted by Crippen LogP contribution is -2.17. The van der Waals surface area contributed by atoms with Crippen molar-refractivity contribution in [3.8, 4) is 0 Å². The summed E-state index contributed by atoms with van der Waals surface area (Å²) in [4.78, 5) is 18.3. The zero-order valence-electron chi connectivity index (χ0n) is 9.23. The van der Waals surface area contributed by atoms with Crippen LogP contribution in [-0.4, -0.2) is 30.6 Å². The number of hydrogen-bond acceptors (Lipinski definition) is 6. The molecule has 0 radical (unpaired) electrons. The lowest BCUT2D eigenvalue weighted by Gasteiger charge is -2.11. The summed E-state index contributed by atoms with van der Waals surface area (Å²) in [5.41, 5.74) is 5.71. The summed E-state index contributed by atoms with van der Waals surface area (Å²) < 4.78 is 4.92. The van der Waals surface area contributed by atoms with Gasteiger partial charge in [-0.25, -0.2) is 9.78 Å². The Balaban J connectivity index is 2.17. The summed E-state index contributed by atoms with van der Waals surface area (Å²) in [7, 11) is 0. The highest BCUT2D eigenvalue weighted by Crippen LogP contribution is 2.30. The standard InChI is InChI=1S/C10H15N3O2S/c1-2-15-9(14)7-8(11)12-10(16-7)13-5-3-4-6-13/h2-6,11H2,1H3. The molecule has 1 aliphatic heterocycles. The van der Waals surface area contributed by atoms with Gasteiger partial charge in [0.2, 0.25) is 0 Å². The molecule has 0 aromatic carbocycles. The maximum absolute atomic E-state index is 11.5. The van der Waals surface area contributed by atoms with Crippen LogP contribution in [0, 0.1) is 0 Å². The summed E-state index contributed by atoms with van der Waals surface area (Å²) in [6.07, 6.45) is 2.35. The van der Waals surface area contributed by atoms with Gasteiger partial charge in [-0.15, -0.1) is 0 Å². The Morgan fingerprint density at radius 3 is 2.88 bits per heavy atom. The fraction of sp³-hybridized carbons (Fsp3) is 0.600. The molecular formula is C10H15N3O2S. The monoisotopic (exact) mass is 241 g/mol. The van der Waals surface area contributed by atoms with E-state index in [9.17, 15) is 4.79 Å². The number of esters is 1. The smallest absolute Gasteiger partial charge is 0.352 e. The first-order valence-electron chi connectivity index (χ1n) is 5.40. The molecule has 1 aromatic heterocycles. The van der Waals surface area contributed by atoms with Gasteiger partial charge in [0.25, 0.3) is 0 Å². The van der Waals surface area contributed by atoms with Crippen LogP contribution in [0.25, 0.3) is 0 Å². The first kappa shape index (κ1) is 11.2. The third-order valence-electron chi connectivity index (χ3n) is 2.48. The molecule has 2 rings (SSSR count). The summed E-state index contributed by atoms with van der Waals surface area (Å²) >= 11 is 1.32. The van der Waals surface area contributed by atoms with Crippen molar-refractivity contribution in [2.75, 3.05) is 30.3 Å². The van der Waals surface area contributed by atoms with Gasteiger partial charge in [-0.1, -0.05) is 11.3 Å². The van der Waals surface area contributed by atoms with E-state index in [1.807, 2.05) is 0 Å². The third-order valence-corrected chi connectivity index (χ3v) is 3.59. The molecule has 1 aromatic rings. The molecule has 0 aliphatic carbocycles. The Kier molecular flexibility index (Phi) is 3.28. The first-order valence-corrected chi connectivity index (χ1v) is 6.22. The molecule has 0 bridgehead atoms. The molecule has 1 fully saturated rings. The molecule has 88 valence electrons. The summed E-state index contributed by atoms with van der Waals surface area (Å²) in [6, 6.07) is 0. The number of carbonyl (C=O) groups is 1. The maximum Gasteiger partial charge on any atom is 0.352 e. The van der Waals surface area contributed by atoms with Crippen molar-refractivity contribution in [2.45, 2.75) is 19.8 Å². The molecule has 1 aliphatic rings. The van der Waals surface area contributed by atoms with Crippen LogP contribution >= 0.6 is 11.3 Å². The number of anilines is 2. The van der Waals surface area contributed by atoms with Gasteiger partial charge >= 0.3 is 5.97 Å². The van der Waals surface area contributed by atoms with E-state index in [0.29, 0.717) is 11.5 Å². The van der Waals surface area contributed by atoms with Crippen molar-refractivity contribution in [1.29, 1.82) is 0 Å². The molecule has 0 atom stereocenters. The van der Waals surface area contributed by atoms with Gasteiger partial charge in [-0.05, 0) is 19.8 Å². The minimum atomic E-state index is -0.372. The number of aromatic nitrogens is 1. The van der Waals surface area contributed by atoms with Crippen molar-refractivity contribution in [1.82, 2.24) is 4.98 Å². The predicted octanol–water partition coefficient (Wildman–Crippen LogP) is 1.50. The Bertz CT molecular complexity index is 385. The zero-order valence-corrected chi connectivity index (χ0v) is 10.0. The number of nitrogens with zero attached hydrogens (tertiary/aromatic N) is 2. The van der Waals surface area contributed by atoms with Crippen LogP contribution in [0.3, 0.4) is 0 Å². The number of hydrogen-bond donors (Lipinski definition) is 1. The van der Waals surface area contributed by atoms with E-state index in [0.717, 1.165) is 18.2 Å². The summed E-state index contributed by atoms with van der Waals surface area (Å²) in [5.74, 6) is -0.0895. The molecule has 5 nitrogen and oxygen atoms in total. The van der Waals surface area contributed by atoms with E-state index in [1.54, 1.807) is 6.92 Å². The molecule has 0 amide bonds. The van der Waals surface area contributed by atoms with E-state index in [1.165, 1.54) is 24.2 Å². The quantitative estimate of drug-likeness (QED) is 0.812. The highest BCUT2D eigenvalue weighted by atomic mass is 32.1. The van der Waals surface area contributed by atoms with Crippen molar-refractivity contribution in [3.63, 3.8) is 0 Å². The van der Waals surface area contributed by atoms with Gasteiger partial charge in [-0.3, -0.25) is 0 Å². The SMILES string of the molecule is CCOC(=O)c1sc(N2CCCC2)nc1N. The molecule has 16 heavy (non-hydrogen) atoms. The first-order chi connectivity index (χ1) is 7.72. The number of ether oxygens (including phenoxy) is 1. The average molecular weight is 241 g/mol. The van der Waals surface area contributed by atoms with E-state index >= 15 is 0 Å². The molecule has 0 unspecified atom stereocenters. The Hall–Kier alpha value is -1.30. The number of rotatable bonds is 3. The maximum atomic E-state index is 11.5. The van der Waals surface area contributed by atoms with Gasteiger partial charge in [0.15, 0.2) is 15.8 Å². The lowest BCUT2D eigenvalue weighted by atomic mass is 10.4. The second kappa shape index (κ2) is 4.69. The second-order valence-corrected chi connectivity index (χ2v) is 4.60. The van der Waals surface area contributed by atoms with Crippen molar-refractivity contribution in [2.24, 2.45) is 0 Å². The topological polar surface area (TPSA) is 68.5 Å². The van der Waals surface area contributed by atoms with Crippen molar-refractivity contribution < 1.29 is 9.53 Å². The number of nitrogens with two attached hydrogens (primary N) is 1. The van der Waals surface area contributed by atoms with Crippen LogP contribution in [0.5, 0.6) is 0 Å². The van der Waals surface area contributed by atoms with Gasteiger partial charge in [0.05, 0.1) is 6.61 Å². The minimum Gasteiger partial charge on any atom is -0.462 e. The fourth-order valence-electron chi connectivity index (χ4n) is 1.71. The molecule has 6 heteroatoms. The van der Waals surface area contributed by atoms with Crippen LogP contribution in [0.2, 0.25) is 0 Å². The van der Waals surface area contributed by atoms with Gasteiger partial charge < -0.3 is 15.4 Å². The van der Waals surface area contributed by atoms with Crippen LogP contribution in [0.15, 0.2) is 0 Å². The number of nitrogen functional groups attached to an aromatic ring is 1. The molecule has 1 saturated heterocycles. The van der Waals surface area contributed by atoms with Crippen LogP contribution in [-0.2, 0) is 4.74 Å². The van der Waals surface area contributed by atoms with E-state index in [2.05, 4.69) is 9.88 Å². The lowest BCUT2D eigenvalue weighted by molar-refractivity contribution is 0.0533. The second-order valence-electron chi connectivity index (χ2n) is 3.63. The predicted molar refractivity (Wildman–Crippen MR) is 63.9 cm³/mol. The third kappa shape index (κ3) is 2.11. The molecule has 2 N–H and O–H groups in total. The van der Waals surface area contributed by atoms with Crippen LogP contribution in [0.1, 0.15) is 29.4 Å². The largest absolute Gasteiger partial charge is 0.462 e. The summed E-state index contributed by atoms with van der Waals surface area (Å²) in [5, 5.41) is 0.832. The zero-order chi connectivity index (χ0) is 11.5. The van der Waals surface area contributed by atoms with Gasteiger partial charge in [0.1, 0.15) is 0 Å². The van der Waals surface area contributed by atoms with Crippen LogP contribution in [0.4, 0.5) is 10.9 Å². The van der Waals surface area contributed by atoms with Gasteiger partial charge in [0, 0.05) is 13.1 Å². The fourth-order valence-corrected chi connectivity index (χ4v) is 2.64. The van der Waals surface area contributed by atoms with Crippen LogP contribution < -0.4 is 10.6 Å². The Labute approximate surface area is 98.2 Å². The Morgan fingerprint density at radius 1 is 1.56 bits per heavy atom. The van der Waals surface area contributed by atoms with E-state index < -0.39 is 0 Å². The summed E-state index contributed by atoms with van der Waals surface area (Å²) in [6.45, 7) is 4.12. The average Bonchev–Trinajstić information content (AvgIpc) is 2.86. The number of thiazole rings is 1. The number of carbonyl (C=O) groups excluding carboxylic acids is 1.